The van der Waals surface area contributed by atoms with Gasteiger partial charge in [0.25, 0.3) is 0 Å². The van der Waals surface area contributed by atoms with Crippen LogP contribution in [0, 0.1) is 0 Å². The fourth-order valence-electron chi connectivity index (χ4n) is 1.45. The number of rotatable bonds is 0. The lowest BCUT2D eigenvalue weighted by atomic mass is 10.1. The van der Waals surface area contributed by atoms with Gasteiger partial charge in [-0.25, -0.2) is 0 Å². The van der Waals surface area contributed by atoms with Gasteiger partial charge in [-0.15, -0.1) is 0 Å². The number of hydrogen-bond acceptors (Lipinski definition) is 2. The zero-order valence-corrected chi connectivity index (χ0v) is 8.84. The van der Waals surface area contributed by atoms with Gasteiger partial charge in [0.05, 0.1) is 6.54 Å². The molecule has 0 saturated heterocycles. The van der Waals surface area contributed by atoms with Gasteiger partial charge in [0.1, 0.15) is 5.84 Å². The smallest absolute Gasteiger partial charge is 0.234 e. The van der Waals surface area contributed by atoms with Crippen molar-refractivity contribution in [1.29, 1.82) is 0 Å². The quantitative estimate of drug-likeness (QED) is 0.636. The van der Waals surface area contributed by atoms with Crippen LogP contribution in [0.2, 0.25) is 0 Å². The number of hydrogen-bond donors (Lipinski definition) is 0. The van der Waals surface area contributed by atoms with Crippen LogP contribution in [0.4, 0.5) is 0 Å². The number of carbonyl (C=O) groups is 1. The largest absolute Gasteiger partial charge is 0.274 e. The molecule has 2 heterocycles. The highest BCUT2D eigenvalue weighted by atomic mass is 79.9. The Morgan fingerprint density at radius 1 is 1.62 bits per heavy atom. The van der Waals surface area contributed by atoms with E-state index in [9.17, 15) is 4.79 Å². The van der Waals surface area contributed by atoms with E-state index in [-0.39, 0.29) is 5.91 Å². The molecule has 0 fully saturated rings. The maximum Gasteiger partial charge on any atom is 0.234 e. The van der Waals surface area contributed by atoms with Gasteiger partial charge in [0.15, 0.2) is 0 Å². The zero-order chi connectivity index (χ0) is 9.42. The molecule has 0 saturated carbocycles. The number of aliphatic imine (C=N–C) groups is 1. The Morgan fingerprint density at radius 2 is 2.38 bits per heavy atom. The average molecular weight is 241 g/mol. The summed E-state index contributed by atoms with van der Waals surface area (Å²) in [5.74, 6) is 0.911. The predicted octanol–water partition coefficient (Wildman–Crippen LogP) is 1.81. The molecule has 2 aliphatic heterocycles. The highest BCUT2D eigenvalue weighted by molar-refractivity contribution is 9.11. The molecule has 3 nitrogen and oxygen atoms in total. The predicted molar refractivity (Wildman–Crippen MR) is 54.5 cm³/mol. The maximum absolute atomic E-state index is 11.5. The number of allylic oxidation sites excluding steroid dienone is 2. The molecule has 0 aromatic heterocycles. The Labute approximate surface area is 85.0 Å². The Hall–Kier alpha value is -0.900. The standard InChI is InChI=1S/C9H9BrN2O/c1-6-4-7(10)5-12-8(13)2-3-11-9(6)12/h4-5H,2-3H2,1H3. The van der Waals surface area contributed by atoms with Crippen molar-refractivity contribution in [3.63, 3.8) is 0 Å². The number of amides is 1. The highest BCUT2D eigenvalue weighted by Gasteiger charge is 2.25. The van der Waals surface area contributed by atoms with Crippen LogP contribution < -0.4 is 0 Å². The van der Waals surface area contributed by atoms with Gasteiger partial charge in [0, 0.05) is 17.1 Å². The number of nitrogens with zero attached hydrogens (tertiary/aromatic N) is 2. The van der Waals surface area contributed by atoms with Crippen LogP contribution in [-0.4, -0.2) is 23.2 Å². The third-order valence-corrected chi connectivity index (χ3v) is 2.48. The molecule has 0 spiro atoms. The first-order valence-electron chi connectivity index (χ1n) is 4.11. The van der Waals surface area contributed by atoms with Crippen LogP contribution in [0.3, 0.4) is 0 Å². The molecule has 4 heteroatoms. The third-order valence-electron chi connectivity index (χ3n) is 2.04. The normalized spacial score (nSPS) is 21.8. The van der Waals surface area contributed by atoms with Crippen LogP contribution in [0.15, 0.2) is 27.3 Å². The molecule has 68 valence electrons. The Kier molecular flexibility index (Phi) is 2.07. The van der Waals surface area contributed by atoms with Gasteiger partial charge in [-0.1, -0.05) is 0 Å². The van der Waals surface area contributed by atoms with Crippen LogP contribution in [-0.2, 0) is 4.79 Å². The fraction of sp³-hybridized carbons (Fsp3) is 0.333. The molecule has 0 aliphatic carbocycles. The maximum atomic E-state index is 11.5. The van der Waals surface area contributed by atoms with Crippen molar-refractivity contribution in [1.82, 2.24) is 4.90 Å². The molecule has 0 aromatic rings. The first-order valence-corrected chi connectivity index (χ1v) is 4.90. The van der Waals surface area contributed by atoms with Crippen molar-refractivity contribution < 1.29 is 4.79 Å². The van der Waals surface area contributed by atoms with Gasteiger partial charge in [-0.05, 0) is 34.5 Å². The van der Waals surface area contributed by atoms with Gasteiger partial charge < -0.3 is 0 Å². The van der Waals surface area contributed by atoms with Crippen molar-refractivity contribution >= 4 is 27.7 Å². The minimum absolute atomic E-state index is 0.120. The first-order chi connectivity index (χ1) is 6.18. The van der Waals surface area contributed by atoms with E-state index in [4.69, 9.17) is 0 Å². The number of amidine groups is 1. The molecule has 0 N–H and O–H groups in total. The minimum Gasteiger partial charge on any atom is -0.274 e. The molecule has 0 aromatic carbocycles. The van der Waals surface area contributed by atoms with Gasteiger partial charge in [-0.2, -0.15) is 0 Å². The molecule has 2 rings (SSSR count). The van der Waals surface area contributed by atoms with E-state index in [2.05, 4.69) is 20.9 Å². The molecule has 1 amide bonds. The summed E-state index contributed by atoms with van der Waals surface area (Å²) in [5, 5.41) is 0. The molecule has 0 unspecified atom stereocenters. The zero-order valence-electron chi connectivity index (χ0n) is 7.25. The van der Waals surface area contributed by atoms with E-state index in [1.165, 1.54) is 0 Å². The summed E-state index contributed by atoms with van der Waals surface area (Å²) in [4.78, 5) is 17.4. The summed E-state index contributed by atoms with van der Waals surface area (Å²) in [6, 6.07) is 0. The fourth-order valence-corrected chi connectivity index (χ4v) is 2.00. The number of fused-ring (bicyclic) bond motifs is 1. The summed E-state index contributed by atoms with van der Waals surface area (Å²) >= 11 is 3.35. The molecule has 2 aliphatic rings. The lowest BCUT2D eigenvalue weighted by Gasteiger charge is -2.27. The minimum atomic E-state index is 0.120. The number of carbonyl (C=O) groups excluding carboxylic acids is 1. The van der Waals surface area contributed by atoms with Gasteiger partial charge in [0.2, 0.25) is 5.91 Å². The molecule has 0 bridgehead atoms. The van der Waals surface area contributed by atoms with E-state index in [1.54, 1.807) is 11.1 Å². The molecule has 13 heavy (non-hydrogen) atoms. The van der Waals surface area contributed by atoms with E-state index in [1.807, 2.05) is 13.0 Å². The van der Waals surface area contributed by atoms with Crippen LogP contribution in [0.1, 0.15) is 13.3 Å². The number of halogens is 1. The lowest BCUT2D eigenvalue weighted by molar-refractivity contribution is -0.125. The van der Waals surface area contributed by atoms with E-state index in [0.29, 0.717) is 13.0 Å². The Morgan fingerprint density at radius 3 is 3.15 bits per heavy atom. The molecule has 0 radical (unpaired) electrons. The summed E-state index contributed by atoms with van der Waals surface area (Å²) in [7, 11) is 0. The summed E-state index contributed by atoms with van der Waals surface area (Å²) in [6.45, 7) is 2.57. The summed E-state index contributed by atoms with van der Waals surface area (Å²) in [6.07, 6.45) is 4.24. The average Bonchev–Trinajstić information content (AvgIpc) is 2.07. The van der Waals surface area contributed by atoms with Crippen LogP contribution >= 0.6 is 15.9 Å². The second kappa shape index (κ2) is 3.10. The summed E-state index contributed by atoms with van der Waals surface area (Å²) in [5.41, 5.74) is 1.03. The van der Waals surface area contributed by atoms with Crippen molar-refractivity contribution in [3.8, 4) is 0 Å². The lowest BCUT2D eigenvalue weighted by Crippen LogP contribution is -2.38. The van der Waals surface area contributed by atoms with Gasteiger partial charge in [-0.3, -0.25) is 14.7 Å². The second-order valence-corrected chi connectivity index (χ2v) is 3.98. The molecule has 0 atom stereocenters. The van der Waals surface area contributed by atoms with E-state index < -0.39 is 0 Å². The van der Waals surface area contributed by atoms with Crippen LogP contribution in [0.25, 0.3) is 0 Å². The second-order valence-electron chi connectivity index (χ2n) is 3.06. The van der Waals surface area contributed by atoms with Crippen molar-refractivity contribution in [2.45, 2.75) is 13.3 Å². The van der Waals surface area contributed by atoms with Crippen molar-refractivity contribution in [3.05, 3.63) is 22.3 Å². The molecular weight excluding hydrogens is 232 g/mol. The van der Waals surface area contributed by atoms with Gasteiger partial charge >= 0.3 is 0 Å². The van der Waals surface area contributed by atoms with Crippen LogP contribution in [0.5, 0.6) is 0 Å². The van der Waals surface area contributed by atoms with E-state index >= 15 is 0 Å². The monoisotopic (exact) mass is 240 g/mol. The Bertz CT molecular complexity index is 355. The van der Waals surface area contributed by atoms with E-state index in [0.717, 1.165) is 15.9 Å². The Balaban J connectivity index is 2.45. The van der Waals surface area contributed by atoms with Crippen molar-refractivity contribution in [2.24, 2.45) is 4.99 Å². The summed E-state index contributed by atoms with van der Waals surface area (Å²) < 4.78 is 0.916. The molecular formula is C9H9BrN2O. The highest BCUT2D eigenvalue weighted by Crippen LogP contribution is 2.22. The van der Waals surface area contributed by atoms with Crippen molar-refractivity contribution in [2.75, 3.05) is 6.54 Å². The first kappa shape index (κ1) is 8.69. The third kappa shape index (κ3) is 1.46. The topological polar surface area (TPSA) is 32.7 Å². The SMILES string of the molecule is CC1=CC(Br)=CN2C(=O)CCN=C12.